The van der Waals surface area contributed by atoms with E-state index < -0.39 is 0 Å². The summed E-state index contributed by atoms with van der Waals surface area (Å²) in [5.41, 5.74) is 4.93. The second kappa shape index (κ2) is 6.52. The van der Waals surface area contributed by atoms with Gasteiger partial charge in [-0.2, -0.15) is 0 Å². The van der Waals surface area contributed by atoms with Gasteiger partial charge in [0.1, 0.15) is 9.75 Å². The molecule has 0 N–H and O–H groups in total. The summed E-state index contributed by atoms with van der Waals surface area (Å²) in [5.74, 6) is 1.83. The summed E-state index contributed by atoms with van der Waals surface area (Å²) < 4.78 is 6.26. The van der Waals surface area contributed by atoms with Gasteiger partial charge in [-0.15, -0.1) is 22.7 Å². The average molecular weight is 372 g/mol. The molecule has 26 heavy (non-hydrogen) atoms. The Morgan fingerprint density at radius 1 is 0.538 bits per heavy atom. The van der Waals surface area contributed by atoms with Crippen LogP contribution < -0.4 is 0 Å². The molecule has 0 spiro atoms. The quantitative estimate of drug-likeness (QED) is 0.295. The molecule has 2 aliphatic rings. The summed E-state index contributed by atoms with van der Waals surface area (Å²) in [6.45, 7) is 0. The van der Waals surface area contributed by atoms with Gasteiger partial charge in [-0.05, 0) is 39.6 Å². The molecule has 0 aromatic carbocycles. The lowest BCUT2D eigenvalue weighted by atomic mass is 10.0. The van der Waals surface area contributed by atoms with Crippen molar-refractivity contribution in [3.8, 4) is 43.5 Å². The highest BCUT2D eigenvalue weighted by Gasteiger charge is 2.23. The number of hydrogen-bond donors (Lipinski definition) is 0. The predicted molar refractivity (Wildman–Crippen MR) is 112 cm³/mol. The summed E-state index contributed by atoms with van der Waals surface area (Å²) in [5, 5.41) is 4.17. The first-order chi connectivity index (χ1) is 12.9. The van der Waals surface area contributed by atoms with E-state index >= 15 is 0 Å². The second-order valence-corrected chi connectivity index (χ2v) is 7.95. The van der Waals surface area contributed by atoms with E-state index in [1.165, 1.54) is 22.3 Å². The summed E-state index contributed by atoms with van der Waals surface area (Å²) >= 11 is 3.40. The Balaban J connectivity index is 1.74. The maximum absolute atomic E-state index is 6.26. The van der Waals surface area contributed by atoms with Gasteiger partial charge < -0.3 is 0 Å². The van der Waals surface area contributed by atoms with Crippen molar-refractivity contribution in [1.29, 1.82) is 0 Å². The molecule has 1 nitrogen and oxygen atoms in total. The van der Waals surface area contributed by atoms with Crippen LogP contribution in [-0.4, -0.2) is 0 Å². The van der Waals surface area contributed by atoms with Crippen LogP contribution in [-0.2, 0) is 0 Å². The molecular formula is C23H15OS2+. The van der Waals surface area contributed by atoms with Crippen LogP contribution in [0.5, 0.6) is 0 Å². The topological polar surface area (TPSA) is 11.3 Å². The van der Waals surface area contributed by atoms with Gasteiger partial charge in [0, 0.05) is 5.56 Å². The van der Waals surface area contributed by atoms with Gasteiger partial charge in [0.15, 0.2) is 0 Å². The number of hydrogen-bond acceptors (Lipinski definition) is 2. The minimum Gasteiger partial charge on any atom is -0.205 e. The molecular weight excluding hydrogens is 356 g/mol. The molecule has 3 heteroatoms. The van der Waals surface area contributed by atoms with E-state index in [9.17, 15) is 0 Å². The zero-order chi connectivity index (χ0) is 17.3. The second-order valence-electron chi connectivity index (χ2n) is 6.06. The van der Waals surface area contributed by atoms with Crippen molar-refractivity contribution in [1.82, 2.24) is 0 Å². The van der Waals surface area contributed by atoms with E-state index in [2.05, 4.69) is 89.6 Å². The molecule has 5 rings (SSSR count). The fraction of sp³-hybridized carbons (Fsp3) is 0. The zero-order valence-corrected chi connectivity index (χ0v) is 15.5. The third-order valence-corrected chi connectivity index (χ3v) is 6.19. The minimum atomic E-state index is 0.913. The highest BCUT2D eigenvalue weighted by molar-refractivity contribution is 7.13. The van der Waals surface area contributed by atoms with Crippen molar-refractivity contribution in [2.24, 2.45) is 0 Å². The minimum absolute atomic E-state index is 0.913. The molecule has 0 radical (unpaired) electrons. The monoisotopic (exact) mass is 371 g/mol. The maximum Gasteiger partial charge on any atom is 0.371 e. The van der Waals surface area contributed by atoms with Crippen molar-refractivity contribution in [2.75, 3.05) is 0 Å². The van der Waals surface area contributed by atoms with Crippen LogP contribution in [0.25, 0.3) is 43.5 Å². The van der Waals surface area contributed by atoms with Crippen molar-refractivity contribution in [3.63, 3.8) is 0 Å². The van der Waals surface area contributed by atoms with Crippen LogP contribution in [0.2, 0.25) is 0 Å². The van der Waals surface area contributed by atoms with Crippen molar-refractivity contribution in [3.05, 3.63) is 89.6 Å². The molecule has 3 heterocycles. The highest BCUT2D eigenvalue weighted by Crippen LogP contribution is 2.40. The van der Waals surface area contributed by atoms with Crippen LogP contribution in [0.1, 0.15) is 0 Å². The number of rotatable bonds is 3. The fourth-order valence-electron chi connectivity index (χ4n) is 3.20. The number of thiophene rings is 2. The lowest BCUT2D eigenvalue weighted by Gasteiger charge is -2.02. The van der Waals surface area contributed by atoms with E-state index in [4.69, 9.17) is 4.42 Å². The third-order valence-electron chi connectivity index (χ3n) is 4.42. The Bertz CT molecular complexity index is 1070. The Labute approximate surface area is 160 Å². The van der Waals surface area contributed by atoms with Gasteiger partial charge in [-0.3, -0.25) is 0 Å². The van der Waals surface area contributed by atoms with Crippen molar-refractivity contribution in [2.45, 2.75) is 0 Å². The first-order valence-electron chi connectivity index (χ1n) is 8.42. The molecule has 0 fully saturated rings. The summed E-state index contributed by atoms with van der Waals surface area (Å²) in [6.07, 6.45) is 0. The fourth-order valence-corrected chi connectivity index (χ4v) is 4.56. The summed E-state index contributed by atoms with van der Waals surface area (Å²) in [7, 11) is 0. The molecule has 0 amide bonds. The normalized spacial score (nSPS) is 11.1. The molecule has 0 unspecified atom stereocenters. The standard InChI is InChI=1S/C23H15OS2/c1-2-6-16-10-11-19(18(16)7-3-1)17-14-20(22-8-4-12-25-22)24-21(15-17)23-9-5-13-26-23/h1-15H/q+1. The SMILES string of the molecule is c1ccc2ccc(-c3cc(-c4cccs4)[o+]c(-c4cccs4)c3)c-2cc1. The molecule has 0 aliphatic heterocycles. The molecule has 0 bridgehead atoms. The molecule has 0 saturated carbocycles. The lowest BCUT2D eigenvalue weighted by Crippen LogP contribution is -1.83. The van der Waals surface area contributed by atoms with Crippen LogP contribution in [0.15, 0.2) is 94.0 Å². The van der Waals surface area contributed by atoms with Gasteiger partial charge in [0.2, 0.25) is 0 Å². The molecule has 3 aromatic rings. The molecule has 2 aliphatic carbocycles. The van der Waals surface area contributed by atoms with E-state index in [-0.39, 0.29) is 0 Å². The van der Waals surface area contributed by atoms with E-state index in [0.29, 0.717) is 0 Å². The number of fused-ring (bicyclic) bond motifs is 1. The first kappa shape index (κ1) is 15.5. The molecule has 0 atom stereocenters. The van der Waals surface area contributed by atoms with Gasteiger partial charge >= 0.3 is 11.5 Å². The average Bonchev–Trinajstić information content (AvgIpc) is 3.42. The zero-order valence-electron chi connectivity index (χ0n) is 13.9. The largest absolute Gasteiger partial charge is 0.371 e. The Kier molecular flexibility index (Phi) is 3.89. The van der Waals surface area contributed by atoms with Crippen LogP contribution in [0, 0.1) is 0 Å². The molecule has 3 aromatic heterocycles. The Morgan fingerprint density at radius 3 is 1.85 bits per heavy atom. The Hall–Kier alpha value is -2.75. The van der Waals surface area contributed by atoms with Crippen molar-refractivity contribution < 1.29 is 4.42 Å². The molecule has 124 valence electrons. The summed E-state index contributed by atoms with van der Waals surface area (Å²) in [4.78, 5) is 2.29. The molecule has 0 saturated heterocycles. The van der Waals surface area contributed by atoms with Crippen LogP contribution in [0.3, 0.4) is 0 Å². The third kappa shape index (κ3) is 2.75. The predicted octanol–water partition coefficient (Wildman–Crippen LogP) is 7.79. The van der Waals surface area contributed by atoms with Crippen LogP contribution >= 0.6 is 22.7 Å². The Morgan fingerprint density at radius 2 is 1.19 bits per heavy atom. The lowest BCUT2D eigenvalue weighted by molar-refractivity contribution is 0.585. The maximum atomic E-state index is 6.26. The summed E-state index contributed by atoms with van der Waals surface area (Å²) in [6, 6.07) is 27.6. The van der Waals surface area contributed by atoms with Crippen molar-refractivity contribution >= 4 is 22.7 Å². The van der Waals surface area contributed by atoms with E-state index in [1.807, 2.05) is 0 Å². The van der Waals surface area contributed by atoms with Gasteiger partial charge in [-0.25, -0.2) is 4.42 Å². The van der Waals surface area contributed by atoms with Gasteiger partial charge in [0.05, 0.1) is 12.1 Å². The van der Waals surface area contributed by atoms with Crippen LogP contribution in [0.4, 0.5) is 0 Å². The smallest absolute Gasteiger partial charge is 0.205 e. The highest BCUT2D eigenvalue weighted by atomic mass is 32.1. The van der Waals surface area contributed by atoms with Gasteiger partial charge in [0.25, 0.3) is 0 Å². The van der Waals surface area contributed by atoms with E-state index in [0.717, 1.165) is 21.3 Å². The van der Waals surface area contributed by atoms with E-state index in [1.54, 1.807) is 22.7 Å². The van der Waals surface area contributed by atoms with Gasteiger partial charge in [-0.1, -0.05) is 54.6 Å². The first-order valence-corrected chi connectivity index (χ1v) is 10.2.